The first-order chi connectivity index (χ1) is 2.81. The van der Waals surface area contributed by atoms with Gasteiger partial charge in [-0.2, -0.15) is 0 Å². The molecule has 0 saturated carbocycles. The fraction of sp³-hybridized carbons (Fsp3) is 1.00. The van der Waals surface area contributed by atoms with Crippen molar-refractivity contribution in [3.8, 4) is 0 Å². The summed E-state index contributed by atoms with van der Waals surface area (Å²) in [6, 6.07) is 0. The van der Waals surface area contributed by atoms with Gasteiger partial charge < -0.3 is 9.05 Å². The standard InChI is InChI=1S/C2H7O3P.Zr/c1-4-6(3)5-2;/h6H,1-2H3;. The summed E-state index contributed by atoms with van der Waals surface area (Å²) in [7, 11) is 0.558. The van der Waals surface area contributed by atoms with Crippen LogP contribution in [0.5, 0.6) is 0 Å². The van der Waals surface area contributed by atoms with Gasteiger partial charge >= 0.3 is 8.25 Å². The topological polar surface area (TPSA) is 35.5 Å². The van der Waals surface area contributed by atoms with Gasteiger partial charge in [-0.25, -0.2) is 0 Å². The van der Waals surface area contributed by atoms with Crippen molar-refractivity contribution in [2.24, 2.45) is 0 Å². The van der Waals surface area contributed by atoms with E-state index in [1.165, 1.54) is 14.2 Å². The maximum absolute atomic E-state index is 9.92. The largest absolute Gasteiger partial charge is 0.318 e. The SMILES string of the molecule is CO[PH](=O)OC.[Zr]. The minimum atomic E-state index is -2.12. The second-order valence-corrected chi connectivity index (χ2v) is 1.97. The Morgan fingerprint density at radius 2 is 1.57 bits per heavy atom. The third kappa shape index (κ3) is 7.03. The minimum absolute atomic E-state index is 0. The summed E-state index contributed by atoms with van der Waals surface area (Å²) >= 11 is 0. The van der Waals surface area contributed by atoms with Crippen LogP contribution in [0.15, 0.2) is 0 Å². The number of hydrogen-bond donors (Lipinski definition) is 0. The zero-order valence-electron chi connectivity index (χ0n) is 4.22. The van der Waals surface area contributed by atoms with E-state index in [0.717, 1.165) is 0 Å². The average molecular weight is 201 g/mol. The molecule has 0 aromatic carbocycles. The Morgan fingerprint density at radius 3 is 1.57 bits per heavy atom. The van der Waals surface area contributed by atoms with E-state index in [2.05, 4.69) is 9.05 Å². The summed E-state index contributed by atoms with van der Waals surface area (Å²) in [5.41, 5.74) is 0. The van der Waals surface area contributed by atoms with Gasteiger partial charge in [0.1, 0.15) is 0 Å². The molecule has 0 saturated heterocycles. The first kappa shape index (κ1) is 10.9. The van der Waals surface area contributed by atoms with Crippen molar-refractivity contribution in [1.29, 1.82) is 0 Å². The van der Waals surface area contributed by atoms with Gasteiger partial charge in [-0.15, -0.1) is 0 Å². The van der Waals surface area contributed by atoms with Gasteiger partial charge in [0.25, 0.3) is 0 Å². The summed E-state index contributed by atoms with van der Waals surface area (Å²) in [5, 5.41) is 0. The molecule has 0 aliphatic heterocycles. The molecule has 0 aromatic heterocycles. The molecule has 0 heterocycles. The zero-order valence-corrected chi connectivity index (χ0v) is 7.68. The fourth-order valence-electron chi connectivity index (χ4n) is 0.0833. The molecular formula is C2H7O3PZr. The van der Waals surface area contributed by atoms with Gasteiger partial charge in [0.05, 0.1) is 0 Å². The maximum Gasteiger partial charge on any atom is 0.318 e. The molecule has 0 atom stereocenters. The van der Waals surface area contributed by atoms with Crippen molar-refractivity contribution in [2.45, 2.75) is 0 Å². The van der Waals surface area contributed by atoms with Crippen LogP contribution in [0, 0.1) is 0 Å². The van der Waals surface area contributed by atoms with Crippen molar-refractivity contribution in [3.63, 3.8) is 0 Å². The molecule has 0 amide bonds. The summed E-state index contributed by atoms with van der Waals surface area (Å²) < 4.78 is 18.4. The smallest absolute Gasteiger partial charge is 0.314 e. The van der Waals surface area contributed by atoms with E-state index in [1.54, 1.807) is 0 Å². The van der Waals surface area contributed by atoms with E-state index >= 15 is 0 Å². The number of hydrogen-bond acceptors (Lipinski definition) is 3. The molecule has 3 nitrogen and oxygen atoms in total. The second kappa shape index (κ2) is 7.03. The quantitative estimate of drug-likeness (QED) is 0.616. The Morgan fingerprint density at radius 1 is 1.29 bits per heavy atom. The normalized spacial score (nSPS) is 8.43. The summed E-state index contributed by atoms with van der Waals surface area (Å²) in [5.74, 6) is 0. The summed E-state index contributed by atoms with van der Waals surface area (Å²) in [6.45, 7) is 0. The van der Waals surface area contributed by atoms with Crippen molar-refractivity contribution in [3.05, 3.63) is 0 Å². The Labute approximate surface area is 62.5 Å². The van der Waals surface area contributed by atoms with E-state index in [0.29, 0.717) is 0 Å². The molecule has 5 heteroatoms. The predicted molar refractivity (Wildman–Crippen MR) is 23.0 cm³/mol. The van der Waals surface area contributed by atoms with Crippen LogP contribution in [0.25, 0.3) is 0 Å². The molecule has 0 aliphatic carbocycles. The molecule has 0 spiro atoms. The molecule has 0 unspecified atom stereocenters. The average Bonchev–Trinajstić information content (AvgIpc) is 1.65. The Hall–Kier alpha value is 1.03. The first-order valence-corrected chi connectivity index (χ1v) is 2.65. The van der Waals surface area contributed by atoms with Gasteiger partial charge in [-0.3, -0.25) is 4.57 Å². The zero-order chi connectivity index (χ0) is 4.99. The molecule has 0 bridgehead atoms. The van der Waals surface area contributed by atoms with Crippen molar-refractivity contribution in [1.82, 2.24) is 0 Å². The van der Waals surface area contributed by atoms with E-state index in [9.17, 15) is 4.57 Å². The van der Waals surface area contributed by atoms with Crippen LogP contribution in [0.3, 0.4) is 0 Å². The van der Waals surface area contributed by atoms with Gasteiger partial charge in [0.2, 0.25) is 0 Å². The summed E-state index contributed by atoms with van der Waals surface area (Å²) in [6.07, 6.45) is 0. The van der Waals surface area contributed by atoms with E-state index in [1.807, 2.05) is 0 Å². The van der Waals surface area contributed by atoms with Crippen LogP contribution in [0.4, 0.5) is 0 Å². The van der Waals surface area contributed by atoms with Gasteiger partial charge in [-0.1, -0.05) is 0 Å². The van der Waals surface area contributed by atoms with Crippen LogP contribution in [0.1, 0.15) is 0 Å². The molecule has 0 aliphatic rings. The van der Waals surface area contributed by atoms with Crippen molar-refractivity contribution in [2.75, 3.05) is 14.2 Å². The third-order valence-electron chi connectivity index (χ3n) is 0.333. The van der Waals surface area contributed by atoms with Crippen LogP contribution in [0.2, 0.25) is 0 Å². The third-order valence-corrected chi connectivity index (χ3v) is 1.00. The molecule has 0 radical (unpaired) electrons. The molecule has 42 valence electrons. The fourth-order valence-corrected chi connectivity index (χ4v) is 0.250. The molecule has 0 aromatic rings. The van der Waals surface area contributed by atoms with Gasteiger partial charge in [0.15, 0.2) is 0 Å². The van der Waals surface area contributed by atoms with Crippen molar-refractivity contribution >= 4 is 8.25 Å². The maximum atomic E-state index is 9.92. The Balaban J connectivity index is 0. The first-order valence-electron chi connectivity index (χ1n) is 1.43. The molecule has 0 N–H and O–H groups in total. The van der Waals surface area contributed by atoms with Crippen LogP contribution in [-0.2, 0) is 39.8 Å². The van der Waals surface area contributed by atoms with Crippen molar-refractivity contribution < 1.29 is 39.8 Å². The molecule has 0 rings (SSSR count). The Kier molecular flexibility index (Phi) is 11.0. The van der Waals surface area contributed by atoms with Crippen LogP contribution in [-0.4, -0.2) is 14.2 Å². The summed E-state index contributed by atoms with van der Waals surface area (Å²) in [4.78, 5) is 0. The van der Waals surface area contributed by atoms with E-state index < -0.39 is 8.25 Å². The Bertz CT molecular complexity index is 50.9. The van der Waals surface area contributed by atoms with Gasteiger partial charge in [0, 0.05) is 40.4 Å². The number of rotatable bonds is 2. The van der Waals surface area contributed by atoms with E-state index in [4.69, 9.17) is 0 Å². The van der Waals surface area contributed by atoms with E-state index in [-0.39, 0.29) is 26.2 Å². The monoisotopic (exact) mass is 200 g/mol. The molecular weight excluding hydrogens is 194 g/mol. The molecule has 0 fully saturated rings. The minimum Gasteiger partial charge on any atom is -0.314 e. The molecule has 7 heavy (non-hydrogen) atoms. The second-order valence-electron chi connectivity index (χ2n) is 0.658. The van der Waals surface area contributed by atoms with Crippen LogP contribution >= 0.6 is 8.25 Å². The van der Waals surface area contributed by atoms with Gasteiger partial charge in [-0.05, 0) is 0 Å². The van der Waals surface area contributed by atoms with Crippen LogP contribution < -0.4 is 0 Å². The predicted octanol–water partition coefficient (Wildman–Crippen LogP) is 0.666.